The van der Waals surface area contributed by atoms with Crippen molar-refractivity contribution in [1.82, 2.24) is 10.1 Å². The molecule has 5 nitrogen and oxygen atoms in total. The summed E-state index contributed by atoms with van der Waals surface area (Å²) in [5.74, 6) is 0.931. The molecule has 1 heterocycles. The minimum absolute atomic E-state index is 0.185. The third-order valence-corrected chi connectivity index (χ3v) is 2.66. The van der Waals surface area contributed by atoms with Gasteiger partial charge in [0, 0.05) is 6.61 Å². The number of aromatic nitrogens is 2. The van der Waals surface area contributed by atoms with E-state index in [0.717, 1.165) is 5.56 Å². The first-order valence-electron chi connectivity index (χ1n) is 5.98. The summed E-state index contributed by atoms with van der Waals surface area (Å²) >= 11 is 0. The van der Waals surface area contributed by atoms with Crippen molar-refractivity contribution in [3.63, 3.8) is 0 Å². The Balaban J connectivity index is 2.15. The lowest BCUT2D eigenvalue weighted by molar-refractivity contribution is 0.0683. The SMILES string of the molecule is CCOC(C)c1noc([C@H](N)c2ccccc2)n1. The van der Waals surface area contributed by atoms with E-state index in [9.17, 15) is 0 Å². The fraction of sp³-hybridized carbons (Fsp3) is 0.385. The molecule has 0 fully saturated rings. The van der Waals surface area contributed by atoms with Crippen molar-refractivity contribution in [2.24, 2.45) is 5.73 Å². The minimum Gasteiger partial charge on any atom is -0.371 e. The van der Waals surface area contributed by atoms with Gasteiger partial charge in [0.05, 0.1) is 0 Å². The van der Waals surface area contributed by atoms with E-state index in [1.807, 2.05) is 44.2 Å². The van der Waals surface area contributed by atoms with E-state index in [1.165, 1.54) is 0 Å². The Morgan fingerprint density at radius 1 is 1.33 bits per heavy atom. The van der Waals surface area contributed by atoms with Gasteiger partial charge in [-0.05, 0) is 19.4 Å². The summed E-state index contributed by atoms with van der Waals surface area (Å²) in [7, 11) is 0. The van der Waals surface area contributed by atoms with Gasteiger partial charge in [-0.2, -0.15) is 4.98 Å². The Morgan fingerprint density at radius 2 is 2.06 bits per heavy atom. The number of ether oxygens (including phenoxy) is 1. The van der Waals surface area contributed by atoms with Crippen molar-refractivity contribution in [2.45, 2.75) is 26.0 Å². The number of hydrogen-bond donors (Lipinski definition) is 1. The molecular formula is C13H17N3O2. The van der Waals surface area contributed by atoms with Gasteiger partial charge in [0.15, 0.2) is 5.82 Å². The van der Waals surface area contributed by atoms with Crippen molar-refractivity contribution >= 4 is 0 Å². The molecule has 1 aromatic carbocycles. The second-order valence-corrected chi connectivity index (χ2v) is 3.98. The van der Waals surface area contributed by atoms with Gasteiger partial charge in [0.2, 0.25) is 5.89 Å². The normalized spacial score (nSPS) is 14.4. The molecule has 5 heteroatoms. The molecule has 0 aliphatic carbocycles. The average Bonchev–Trinajstić information content (AvgIpc) is 2.89. The van der Waals surface area contributed by atoms with Crippen LogP contribution in [-0.2, 0) is 4.74 Å². The number of rotatable bonds is 5. The van der Waals surface area contributed by atoms with Gasteiger partial charge in [-0.15, -0.1) is 0 Å². The molecule has 18 heavy (non-hydrogen) atoms. The van der Waals surface area contributed by atoms with Crippen LogP contribution in [0.2, 0.25) is 0 Å². The largest absolute Gasteiger partial charge is 0.371 e. The highest BCUT2D eigenvalue weighted by Gasteiger charge is 2.19. The van der Waals surface area contributed by atoms with Crippen molar-refractivity contribution < 1.29 is 9.26 Å². The fourth-order valence-electron chi connectivity index (χ4n) is 1.67. The van der Waals surface area contributed by atoms with Crippen LogP contribution in [0.4, 0.5) is 0 Å². The van der Waals surface area contributed by atoms with E-state index in [-0.39, 0.29) is 6.10 Å². The highest BCUT2D eigenvalue weighted by Crippen LogP contribution is 2.20. The van der Waals surface area contributed by atoms with Gasteiger partial charge in [-0.1, -0.05) is 35.5 Å². The molecule has 0 saturated heterocycles. The first-order valence-corrected chi connectivity index (χ1v) is 5.98. The quantitative estimate of drug-likeness (QED) is 0.876. The maximum absolute atomic E-state index is 6.07. The van der Waals surface area contributed by atoms with Crippen LogP contribution < -0.4 is 5.73 Å². The van der Waals surface area contributed by atoms with E-state index in [1.54, 1.807) is 0 Å². The highest BCUT2D eigenvalue weighted by molar-refractivity contribution is 5.23. The average molecular weight is 247 g/mol. The van der Waals surface area contributed by atoms with Crippen LogP contribution in [0.3, 0.4) is 0 Å². The lowest BCUT2D eigenvalue weighted by Crippen LogP contribution is -2.12. The second kappa shape index (κ2) is 5.75. The van der Waals surface area contributed by atoms with Gasteiger partial charge in [0.1, 0.15) is 12.1 Å². The fourth-order valence-corrected chi connectivity index (χ4v) is 1.67. The van der Waals surface area contributed by atoms with E-state index >= 15 is 0 Å². The predicted molar refractivity (Wildman–Crippen MR) is 66.8 cm³/mol. The zero-order valence-electron chi connectivity index (χ0n) is 10.5. The third-order valence-electron chi connectivity index (χ3n) is 2.66. The van der Waals surface area contributed by atoms with Crippen LogP contribution in [0.25, 0.3) is 0 Å². The lowest BCUT2D eigenvalue weighted by Gasteiger charge is -2.06. The smallest absolute Gasteiger partial charge is 0.248 e. The molecule has 0 aliphatic rings. The topological polar surface area (TPSA) is 74.2 Å². The predicted octanol–water partition coefficient (Wildman–Crippen LogP) is 2.22. The summed E-state index contributed by atoms with van der Waals surface area (Å²) in [6.07, 6.45) is -0.185. The van der Waals surface area contributed by atoms with Crippen LogP contribution in [0, 0.1) is 0 Å². The zero-order valence-corrected chi connectivity index (χ0v) is 10.5. The van der Waals surface area contributed by atoms with Crippen LogP contribution in [0.5, 0.6) is 0 Å². The Kier molecular flexibility index (Phi) is 4.07. The van der Waals surface area contributed by atoms with Gasteiger partial charge in [0.25, 0.3) is 0 Å². The van der Waals surface area contributed by atoms with E-state index < -0.39 is 6.04 Å². The maximum atomic E-state index is 6.07. The molecule has 0 radical (unpaired) electrons. The van der Waals surface area contributed by atoms with Crippen LogP contribution in [0.1, 0.15) is 43.3 Å². The van der Waals surface area contributed by atoms with Gasteiger partial charge in [-0.25, -0.2) is 0 Å². The molecule has 1 unspecified atom stereocenters. The molecule has 0 amide bonds. The molecule has 0 aliphatic heterocycles. The Labute approximate surface area is 106 Å². The summed E-state index contributed by atoms with van der Waals surface area (Å²) in [5.41, 5.74) is 7.01. The van der Waals surface area contributed by atoms with Crippen LogP contribution in [-0.4, -0.2) is 16.7 Å². The molecule has 2 N–H and O–H groups in total. The molecule has 0 bridgehead atoms. The van der Waals surface area contributed by atoms with E-state index in [2.05, 4.69) is 10.1 Å². The Hall–Kier alpha value is -1.72. The number of benzene rings is 1. The molecule has 96 valence electrons. The molecule has 0 saturated carbocycles. The first kappa shape index (κ1) is 12.7. The summed E-state index contributed by atoms with van der Waals surface area (Å²) in [5, 5.41) is 3.89. The van der Waals surface area contributed by atoms with Gasteiger partial charge < -0.3 is 15.0 Å². The summed E-state index contributed by atoms with van der Waals surface area (Å²) in [6, 6.07) is 9.25. The lowest BCUT2D eigenvalue weighted by atomic mass is 10.1. The van der Waals surface area contributed by atoms with Crippen molar-refractivity contribution in [1.29, 1.82) is 0 Å². The Morgan fingerprint density at radius 3 is 2.72 bits per heavy atom. The maximum Gasteiger partial charge on any atom is 0.248 e. The van der Waals surface area contributed by atoms with Crippen molar-refractivity contribution in [3.05, 3.63) is 47.6 Å². The molecule has 2 aromatic rings. The number of nitrogens with zero attached hydrogens (tertiary/aromatic N) is 2. The molecular weight excluding hydrogens is 230 g/mol. The van der Waals surface area contributed by atoms with Crippen molar-refractivity contribution in [2.75, 3.05) is 6.61 Å². The monoisotopic (exact) mass is 247 g/mol. The van der Waals surface area contributed by atoms with Gasteiger partial charge in [-0.3, -0.25) is 0 Å². The third kappa shape index (κ3) is 2.75. The highest BCUT2D eigenvalue weighted by atomic mass is 16.5. The first-order chi connectivity index (χ1) is 8.72. The number of nitrogens with two attached hydrogens (primary N) is 1. The molecule has 1 aromatic heterocycles. The van der Waals surface area contributed by atoms with Crippen molar-refractivity contribution in [3.8, 4) is 0 Å². The minimum atomic E-state index is -0.402. The zero-order chi connectivity index (χ0) is 13.0. The molecule has 0 spiro atoms. The molecule has 2 atom stereocenters. The van der Waals surface area contributed by atoms with Crippen LogP contribution in [0.15, 0.2) is 34.9 Å². The standard InChI is InChI=1S/C13H17N3O2/c1-3-17-9(2)12-15-13(18-16-12)11(14)10-7-5-4-6-8-10/h4-9,11H,3,14H2,1-2H3/t9?,11-/m1/s1. The summed E-state index contributed by atoms with van der Waals surface area (Å²) in [6.45, 7) is 4.41. The molecule has 2 rings (SSSR count). The van der Waals surface area contributed by atoms with E-state index in [4.69, 9.17) is 15.0 Å². The number of hydrogen-bond acceptors (Lipinski definition) is 5. The van der Waals surface area contributed by atoms with Crippen LogP contribution >= 0.6 is 0 Å². The Bertz CT molecular complexity index is 484. The van der Waals surface area contributed by atoms with E-state index in [0.29, 0.717) is 18.3 Å². The summed E-state index contributed by atoms with van der Waals surface area (Å²) < 4.78 is 10.6. The summed E-state index contributed by atoms with van der Waals surface area (Å²) in [4.78, 5) is 4.28. The second-order valence-electron chi connectivity index (χ2n) is 3.98. The van der Waals surface area contributed by atoms with Gasteiger partial charge >= 0.3 is 0 Å².